The summed E-state index contributed by atoms with van der Waals surface area (Å²) >= 11 is 6.10. The smallest absolute Gasteiger partial charge is 0.410 e. The first-order chi connectivity index (χ1) is 28.7. The minimum atomic E-state index is -0.459. The topological polar surface area (TPSA) is 168 Å². The summed E-state index contributed by atoms with van der Waals surface area (Å²) in [5.74, 6) is 1.59. The Morgan fingerprint density at radius 1 is 0.672 bits per heavy atom. The number of halogens is 1. The number of hydrogen-bond donors (Lipinski definition) is 0. The first-order valence-electron chi connectivity index (χ1n) is 21.4. The standard InChI is InChI=1S/C23H34N4O4.C22H34ClN3O4/c1-23(2,3)31-22(29)27-13-11-17(12-14-27)8-6-7-15-30-20-10-9-18(19(16-24)25-20)21(28)26(4)5;1-22(2,3)30-21(28)26-13-11-16(12-14-26)8-6-7-15-29-18-10-9-17(19(23)24-18)20(27)25(4)5/h9-10,17H,6-8,11-15H2,1-5H3;9-10,16H,6-8,11-15H2,1-5H3. The van der Waals surface area contributed by atoms with Gasteiger partial charge < -0.3 is 38.5 Å². The molecule has 4 heterocycles. The van der Waals surface area contributed by atoms with Gasteiger partial charge in [-0.05, 0) is 117 Å². The molecular formula is C45H68ClN7O8. The Kier molecular flexibility index (Phi) is 19.8. The van der Waals surface area contributed by atoms with Crippen LogP contribution in [0.25, 0.3) is 0 Å². The number of carbonyl (C=O) groups excluding carboxylic acids is 4. The van der Waals surface area contributed by atoms with Gasteiger partial charge in [0.25, 0.3) is 11.8 Å². The van der Waals surface area contributed by atoms with Crippen molar-refractivity contribution in [1.29, 1.82) is 5.26 Å². The van der Waals surface area contributed by atoms with Crippen molar-refractivity contribution < 1.29 is 38.1 Å². The van der Waals surface area contributed by atoms with Crippen molar-refractivity contribution in [3.05, 3.63) is 46.2 Å². The van der Waals surface area contributed by atoms with Gasteiger partial charge in [-0.15, -0.1) is 0 Å². The van der Waals surface area contributed by atoms with Crippen LogP contribution in [0.15, 0.2) is 24.3 Å². The predicted octanol–water partition coefficient (Wildman–Crippen LogP) is 8.48. The predicted molar refractivity (Wildman–Crippen MR) is 234 cm³/mol. The fourth-order valence-electron chi connectivity index (χ4n) is 6.80. The average Bonchev–Trinajstić information content (AvgIpc) is 3.19. The summed E-state index contributed by atoms with van der Waals surface area (Å²) in [5, 5.41) is 9.42. The van der Waals surface area contributed by atoms with Gasteiger partial charge in [0.15, 0.2) is 5.69 Å². The molecule has 4 amide bonds. The van der Waals surface area contributed by atoms with E-state index < -0.39 is 11.2 Å². The lowest BCUT2D eigenvalue weighted by Crippen LogP contribution is -2.41. The van der Waals surface area contributed by atoms with Crippen LogP contribution in [0.4, 0.5) is 9.59 Å². The number of unbranched alkanes of at least 4 members (excludes halogenated alkanes) is 2. The minimum absolute atomic E-state index is 0.0768. The average molecular weight is 871 g/mol. The number of ether oxygens (including phenoxy) is 4. The van der Waals surface area contributed by atoms with Crippen LogP contribution in [0.2, 0.25) is 5.15 Å². The largest absolute Gasteiger partial charge is 0.478 e. The molecule has 0 N–H and O–H groups in total. The van der Waals surface area contributed by atoms with Gasteiger partial charge in [-0.25, -0.2) is 19.6 Å². The van der Waals surface area contributed by atoms with Crippen molar-refractivity contribution in [2.24, 2.45) is 11.8 Å². The summed E-state index contributed by atoms with van der Waals surface area (Å²) in [5.41, 5.74) is -0.189. The molecule has 0 unspecified atom stereocenters. The number of amides is 4. The zero-order chi connectivity index (χ0) is 45.3. The fraction of sp³-hybridized carbons (Fsp3) is 0.667. The van der Waals surface area contributed by atoms with Gasteiger partial charge in [0.05, 0.1) is 24.3 Å². The maximum absolute atomic E-state index is 12.1. The summed E-state index contributed by atoms with van der Waals surface area (Å²) in [7, 11) is 6.61. The Labute approximate surface area is 368 Å². The van der Waals surface area contributed by atoms with Gasteiger partial charge in [-0.2, -0.15) is 5.26 Å². The Morgan fingerprint density at radius 3 is 1.44 bits per heavy atom. The van der Waals surface area contributed by atoms with E-state index in [2.05, 4.69) is 9.97 Å². The summed E-state index contributed by atoms with van der Waals surface area (Å²) in [6, 6.07) is 8.50. The van der Waals surface area contributed by atoms with Crippen molar-refractivity contribution >= 4 is 35.6 Å². The third-order valence-electron chi connectivity index (χ3n) is 10.1. The Balaban J connectivity index is 0.000000325. The van der Waals surface area contributed by atoms with E-state index in [1.807, 2.05) is 52.5 Å². The second-order valence-electron chi connectivity index (χ2n) is 18.1. The first kappa shape index (κ1) is 50.5. The Morgan fingerprint density at radius 2 is 1.07 bits per heavy atom. The molecule has 0 saturated carbocycles. The first-order valence-corrected chi connectivity index (χ1v) is 21.8. The highest BCUT2D eigenvalue weighted by atomic mass is 35.5. The van der Waals surface area contributed by atoms with Crippen molar-refractivity contribution in [2.75, 3.05) is 67.6 Å². The molecule has 0 spiro atoms. The van der Waals surface area contributed by atoms with Gasteiger partial charge in [-0.3, -0.25) is 9.59 Å². The van der Waals surface area contributed by atoms with Crippen molar-refractivity contribution in [1.82, 2.24) is 29.6 Å². The van der Waals surface area contributed by atoms with E-state index in [0.717, 1.165) is 90.4 Å². The fourth-order valence-corrected chi connectivity index (χ4v) is 7.03. The maximum atomic E-state index is 12.1. The Hall–Kier alpha value is -4.84. The van der Waals surface area contributed by atoms with Gasteiger partial charge >= 0.3 is 12.2 Å². The van der Waals surface area contributed by atoms with E-state index in [1.165, 1.54) is 9.80 Å². The second kappa shape index (κ2) is 24.0. The van der Waals surface area contributed by atoms with E-state index >= 15 is 0 Å². The van der Waals surface area contributed by atoms with E-state index in [-0.39, 0.29) is 40.4 Å². The summed E-state index contributed by atoms with van der Waals surface area (Å²) in [6.07, 6.45) is 9.69. The highest BCUT2D eigenvalue weighted by molar-refractivity contribution is 6.32. The van der Waals surface area contributed by atoms with Crippen LogP contribution in [-0.4, -0.2) is 132 Å². The normalized spacial score (nSPS) is 14.9. The molecule has 0 radical (unpaired) electrons. The molecule has 2 aromatic heterocycles. The van der Waals surface area contributed by atoms with Crippen molar-refractivity contribution in [2.45, 2.75) is 117 Å². The van der Waals surface area contributed by atoms with E-state index in [9.17, 15) is 24.4 Å². The molecular weight excluding hydrogens is 802 g/mol. The van der Waals surface area contributed by atoms with Gasteiger partial charge in [0, 0.05) is 66.5 Å². The van der Waals surface area contributed by atoms with Gasteiger partial charge in [0.2, 0.25) is 11.8 Å². The number of hydrogen-bond acceptors (Lipinski definition) is 11. The summed E-state index contributed by atoms with van der Waals surface area (Å²) < 4.78 is 22.2. The highest BCUT2D eigenvalue weighted by Crippen LogP contribution is 2.26. The lowest BCUT2D eigenvalue weighted by atomic mass is 9.92. The highest BCUT2D eigenvalue weighted by Gasteiger charge is 2.28. The number of pyridine rings is 2. The van der Waals surface area contributed by atoms with Gasteiger partial charge in [-0.1, -0.05) is 24.4 Å². The van der Waals surface area contributed by atoms with Crippen LogP contribution in [0.3, 0.4) is 0 Å². The minimum Gasteiger partial charge on any atom is -0.478 e. The van der Waals surface area contributed by atoms with E-state index in [0.29, 0.717) is 42.4 Å². The monoisotopic (exact) mass is 869 g/mol. The molecule has 16 heteroatoms. The SMILES string of the molecule is CN(C)C(=O)c1ccc(OCCCCC2CCN(C(=O)OC(C)(C)C)CC2)nc1C#N.CN(C)C(=O)c1ccc(OCCCCC2CCN(C(=O)OC(C)(C)C)CC2)nc1Cl. The third kappa shape index (κ3) is 18.0. The number of rotatable bonds is 14. The quantitative estimate of drug-likeness (QED) is 0.132. The number of nitriles is 1. The Bertz CT molecular complexity index is 1790. The number of aromatic nitrogens is 2. The summed E-state index contributed by atoms with van der Waals surface area (Å²) in [6.45, 7) is 15.4. The lowest BCUT2D eigenvalue weighted by molar-refractivity contribution is 0.0170. The van der Waals surface area contributed by atoms with E-state index in [1.54, 1.807) is 57.4 Å². The molecule has 0 bridgehead atoms. The van der Waals surface area contributed by atoms with Crippen LogP contribution in [0, 0.1) is 23.2 Å². The van der Waals surface area contributed by atoms with Crippen LogP contribution in [0.5, 0.6) is 11.8 Å². The maximum Gasteiger partial charge on any atom is 0.410 e. The van der Waals surface area contributed by atoms with Crippen LogP contribution >= 0.6 is 11.6 Å². The number of likely N-dealkylation sites (tertiary alicyclic amines) is 2. The molecule has 0 atom stereocenters. The molecule has 4 rings (SSSR count). The molecule has 2 aliphatic rings. The van der Waals surface area contributed by atoms with Crippen molar-refractivity contribution in [3.63, 3.8) is 0 Å². The number of piperidine rings is 2. The molecule has 0 aliphatic carbocycles. The zero-order valence-corrected chi connectivity index (χ0v) is 38.8. The summed E-state index contributed by atoms with van der Waals surface area (Å²) in [4.78, 5) is 63.1. The molecule has 15 nitrogen and oxygen atoms in total. The van der Waals surface area contributed by atoms with Crippen LogP contribution in [0.1, 0.15) is 132 Å². The molecule has 0 aromatic carbocycles. The van der Waals surface area contributed by atoms with Crippen LogP contribution in [-0.2, 0) is 9.47 Å². The van der Waals surface area contributed by atoms with Crippen LogP contribution < -0.4 is 9.47 Å². The third-order valence-corrected chi connectivity index (χ3v) is 10.4. The molecule has 338 valence electrons. The lowest BCUT2D eigenvalue weighted by Gasteiger charge is -2.33. The number of nitrogens with zero attached hydrogens (tertiary/aromatic N) is 7. The molecule has 2 saturated heterocycles. The van der Waals surface area contributed by atoms with Gasteiger partial charge in [0.1, 0.15) is 22.4 Å². The molecule has 2 aliphatic heterocycles. The number of carbonyl (C=O) groups is 4. The zero-order valence-electron chi connectivity index (χ0n) is 38.1. The van der Waals surface area contributed by atoms with E-state index in [4.69, 9.17) is 30.5 Å². The molecule has 2 fully saturated rings. The second-order valence-corrected chi connectivity index (χ2v) is 18.4. The molecule has 61 heavy (non-hydrogen) atoms. The van der Waals surface area contributed by atoms with Crippen molar-refractivity contribution in [3.8, 4) is 17.8 Å². The molecule has 2 aromatic rings.